The van der Waals surface area contributed by atoms with E-state index in [1.165, 1.54) is 0 Å². The second-order valence-corrected chi connectivity index (χ2v) is 6.21. The van der Waals surface area contributed by atoms with Gasteiger partial charge in [-0.05, 0) is 47.8 Å². The highest BCUT2D eigenvalue weighted by Gasteiger charge is 2.26. The fraction of sp³-hybridized carbons (Fsp3) is 0.400. The SMILES string of the molecule is Cc1nccn1C1CCCN(C(=O)c2ccc(Br)cn2)C1. The van der Waals surface area contributed by atoms with Crippen LogP contribution in [-0.4, -0.2) is 38.4 Å². The van der Waals surface area contributed by atoms with Gasteiger partial charge in [-0.3, -0.25) is 4.79 Å². The monoisotopic (exact) mass is 348 g/mol. The lowest BCUT2D eigenvalue weighted by Crippen LogP contribution is -2.41. The molecule has 110 valence electrons. The van der Waals surface area contributed by atoms with Crippen molar-refractivity contribution in [1.82, 2.24) is 19.4 Å². The number of piperidine rings is 1. The second-order valence-electron chi connectivity index (χ2n) is 5.29. The Morgan fingerprint density at radius 2 is 2.24 bits per heavy atom. The zero-order valence-electron chi connectivity index (χ0n) is 11.9. The molecule has 0 radical (unpaired) electrons. The zero-order valence-corrected chi connectivity index (χ0v) is 13.5. The molecule has 1 fully saturated rings. The van der Waals surface area contributed by atoms with Gasteiger partial charge in [-0.15, -0.1) is 0 Å². The summed E-state index contributed by atoms with van der Waals surface area (Å²) >= 11 is 3.34. The topological polar surface area (TPSA) is 51.0 Å². The Bertz CT molecular complexity index is 637. The minimum Gasteiger partial charge on any atom is -0.335 e. The standard InChI is InChI=1S/C15H17BrN4O/c1-11-17-6-8-20(11)13-3-2-7-19(10-13)15(21)14-5-4-12(16)9-18-14/h4-6,8-9,13H,2-3,7,10H2,1H3. The van der Waals surface area contributed by atoms with Crippen molar-refractivity contribution in [2.75, 3.05) is 13.1 Å². The summed E-state index contributed by atoms with van der Waals surface area (Å²) < 4.78 is 3.04. The van der Waals surface area contributed by atoms with Gasteiger partial charge in [0.1, 0.15) is 11.5 Å². The number of carbonyl (C=O) groups excluding carboxylic acids is 1. The van der Waals surface area contributed by atoms with E-state index in [1.807, 2.05) is 30.3 Å². The van der Waals surface area contributed by atoms with Crippen molar-refractivity contribution >= 4 is 21.8 Å². The lowest BCUT2D eigenvalue weighted by atomic mass is 10.0. The first kappa shape index (κ1) is 14.3. The lowest BCUT2D eigenvalue weighted by molar-refractivity contribution is 0.0672. The lowest BCUT2D eigenvalue weighted by Gasteiger charge is -2.33. The number of hydrogen-bond acceptors (Lipinski definition) is 3. The Morgan fingerprint density at radius 1 is 1.38 bits per heavy atom. The molecular weight excluding hydrogens is 332 g/mol. The van der Waals surface area contributed by atoms with Crippen LogP contribution in [-0.2, 0) is 0 Å². The molecule has 0 saturated carbocycles. The molecule has 1 aliphatic heterocycles. The maximum atomic E-state index is 12.5. The van der Waals surface area contributed by atoms with E-state index in [0.717, 1.165) is 29.7 Å². The Balaban J connectivity index is 1.75. The van der Waals surface area contributed by atoms with E-state index in [4.69, 9.17) is 0 Å². The predicted octanol–water partition coefficient (Wildman–Crippen LogP) is 2.83. The Hall–Kier alpha value is -1.69. The van der Waals surface area contributed by atoms with E-state index in [-0.39, 0.29) is 5.91 Å². The van der Waals surface area contributed by atoms with E-state index in [1.54, 1.807) is 12.3 Å². The molecule has 1 saturated heterocycles. The summed E-state index contributed by atoms with van der Waals surface area (Å²) in [7, 11) is 0. The minimum absolute atomic E-state index is 0.00460. The maximum Gasteiger partial charge on any atom is 0.272 e. The number of hydrogen-bond donors (Lipinski definition) is 0. The van der Waals surface area contributed by atoms with E-state index < -0.39 is 0 Å². The van der Waals surface area contributed by atoms with Crippen LogP contribution in [0.4, 0.5) is 0 Å². The van der Waals surface area contributed by atoms with Crippen molar-refractivity contribution in [2.24, 2.45) is 0 Å². The summed E-state index contributed by atoms with van der Waals surface area (Å²) in [6, 6.07) is 3.92. The summed E-state index contributed by atoms with van der Waals surface area (Å²) in [5.41, 5.74) is 0.501. The van der Waals surface area contributed by atoms with E-state index >= 15 is 0 Å². The Labute approximate surface area is 132 Å². The van der Waals surface area contributed by atoms with Crippen molar-refractivity contribution in [1.29, 1.82) is 0 Å². The van der Waals surface area contributed by atoms with Crippen LogP contribution in [0.5, 0.6) is 0 Å². The van der Waals surface area contributed by atoms with Gasteiger partial charge in [0.2, 0.25) is 0 Å². The van der Waals surface area contributed by atoms with E-state index in [0.29, 0.717) is 18.3 Å². The van der Waals surface area contributed by atoms with Gasteiger partial charge in [-0.1, -0.05) is 0 Å². The van der Waals surface area contributed by atoms with Gasteiger partial charge >= 0.3 is 0 Å². The normalized spacial score (nSPS) is 18.8. The molecular formula is C15H17BrN4O. The van der Waals surface area contributed by atoms with Gasteiger partial charge < -0.3 is 9.47 Å². The van der Waals surface area contributed by atoms with Crippen LogP contribution in [0.15, 0.2) is 35.2 Å². The second kappa shape index (κ2) is 5.97. The zero-order chi connectivity index (χ0) is 14.8. The molecule has 1 unspecified atom stereocenters. The molecule has 3 rings (SSSR count). The summed E-state index contributed by atoms with van der Waals surface area (Å²) in [6.45, 7) is 3.51. The molecule has 0 aliphatic carbocycles. The van der Waals surface area contributed by atoms with Gasteiger partial charge in [-0.25, -0.2) is 9.97 Å². The van der Waals surface area contributed by atoms with Crippen molar-refractivity contribution in [3.8, 4) is 0 Å². The molecule has 2 aromatic heterocycles. The molecule has 0 aromatic carbocycles. The summed E-state index contributed by atoms with van der Waals surface area (Å²) in [4.78, 5) is 22.9. The first-order chi connectivity index (χ1) is 10.1. The Kier molecular flexibility index (Phi) is 4.05. The van der Waals surface area contributed by atoms with Crippen molar-refractivity contribution < 1.29 is 4.79 Å². The maximum absolute atomic E-state index is 12.5. The summed E-state index contributed by atoms with van der Waals surface area (Å²) in [5.74, 6) is 1.00. The fourth-order valence-corrected chi connectivity index (χ4v) is 3.04. The molecule has 6 heteroatoms. The van der Waals surface area contributed by atoms with E-state index in [2.05, 4.69) is 30.5 Å². The number of pyridine rings is 1. The number of amides is 1. The molecule has 3 heterocycles. The van der Waals surface area contributed by atoms with Crippen molar-refractivity contribution in [3.05, 3.63) is 46.7 Å². The first-order valence-corrected chi connectivity index (χ1v) is 7.84. The number of carbonyl (C=O) groups is 1. The number of rotatable bonds is 2. The molecule has 0 spiro atoms. The summed E-state index contributed by atoms with van der Waals surface area (Å²) in [6.07, 6.45) is 7.55. The molecule has 0 bridgehead atoms. The fourth-order valence-electron chi connectivity index (χ4n) is 2.80. The van der Waals surface area contributed by atoms with Crippen LogP contribution in [0.25, 0.3) is 0 Å². The minimum atomic E-state index is 0.00460. The molecule has 2 aromatic rings. The quantitative estimate of drug-likeness (QED) is 0.838. The molecule has 1 atom stereocenters. The highest BCUT2D eigenvalue weighted by atomic mass is 79.9. The van der Waals surface area contributed by atoms with Gasteiger partial charge in [0.25, 0.3) is 5.91 Å². The third kappa shape index (κ3) is 3.00. The molecule has 21 heavy (non-hydrogen) atoms. The number of aromatic nitrogens is 3. The van der Waals surface area contributed by atoms with Crippen molar-refractivity contribution in [2.45, 2.75) is 25.8 Å². The van der Waals surface area contributed by atoms with Gasteiger partial charge in [0.15, 0.2) is 0 Å². The number of aryl methyl sites for hydroxylation is 1. The van der Waals surface area contributed by atoms with E-state index in [9.17, 15) is 4.79 Å². The first-order valence-electron chi connectivity index (χ1n) is 7.05. The number of nitrogens with zero attached hydrogens (tertiary/aromatic N) is 4. The van der Waals surface area contributed by atoms with Gasteiger partial charge in [0, 0.05) is 36.2 Å². The number of imidazole rings is 1. The van der Waals surface area contributed by atoms with Crippen LogP contribution >= 0.6 is 15.9 Å². The average molecular weight is 349 g/mol. The van der Waals surface area contributed by atoms with Crippen LogP contribution in [0, 0.1) is 6.92 Å². The van der Waals surface area contributed by atoms with Crippen LogP contribution < -0.4 is 0 Å². The highest BCUT2D eigenvalue weighted by Crippen LogP contribution is 2.23. The average Bonchev–Trinajstić information content (AvgIpc) is 2.94. The van der Waals surface area contributed by atoms with Crippen LogP contribution in [0.1, 0.15) is 35.2 Å². The molecule has 5 nitrogen and oxygen atoms in total. The van der Waals surface area contributed by atoms with Gasteiger partial charge in [0.05, 0.1) is 6.04 Å². The third-order valence-electron chi connectivity index (χ3n) is 3.89. The van der Waals surface area contributed by atoms with Crippen LogP contribution in [0.3, 0.4) is 0 Å². The number of halogens is 1. The highest BCUT2D eigenvalue weighted by molar-refractivity contribution is 9.10. The summed E-state index contributed by atoms with van der Waals surface area (Å²) in [5, 5.41) is 0. The molecule has 0 N–H and O–H groups in total. The van der Waals surface area contributed by atoms with Crippen LogP contribution in [0.2, 0.25) is 0 Å². The largest absolute Gasteiger partial charge is 0.335 e. The number of likely N-dealkylation sites (tertiary alicyclic amines) is 1. The van der Waals surface area contributed by atoms with Crippen molar-refractivity contribution in [3.63, 3.8) is 0 Å². The predicted molar refractivity (Wildman–Crippen MR) is 83.1 cm³/mol. The Morgan fingerprint density at radius 3 is 2.90 bits per heavy atom. The van der Waals surface area contributed by atoms with Gasteiger partial charge in [-0.2, -0.15) is 0 Å². The molecule has 1 amide bonds. The third-order valence-corrected chi connectivity index (χ3v) is 4.36. The molecule has 1 aliphatic rings. The smallest absolute Gasteiger partial charge is 0.272 e.